The highest BCUT2D eigenvalue weighted by atomic mass is 16.5. The third-order valence-corrected chi connectivity index (χ3v) is 3.34. The number of fused-ring (bicyclic) bond motifs is 1. The molecule has 0 saturated heterocycles. The standard InChI is InChI=1S/C14H14N4O3/c1-21-11(19)7-10-8-18-14(16-13(10)20)15-12(17-18)9-5-3-2-4-6-9/h2-6,10H,7-8H2,1H3,(H,15,16,17,20)/t10-/m0/s1. The van der Waals surface area contributed by atoms with Crippen molar-refractivity contribution >= 4 is 17.8 Å². The number of hydrogen-bond acceptors (Lipinski definition) is 5. The molecule has 0 fully saturated rings. The maximum absolute atomic E-state index is 12.0. The highest BCUT2D eigenvalue weighted by Crippen LogP contribution is 2.23. The van der Waals surface area contributed by atoms with Gasteiger partial charge < -0.3 is 4.74 Å². The first-order valence-corrected chi connectivity index (χ1v) is 6.55. The highest BCUT2D eigenvalue weighted by molar-refractivity contribution is 5.94. The van der Waals surface area contributed by atoms with E-state index in [1.54, 1.807) is 4.68 Å². The Morgan fingerprint density at radius 3 is 2.90 bits per heavy atom. The van der Waals surface area contributed by atoms with E-state index >= 15 is 0 Å². The number of nitrogens with zero attached hydrogens (tertiary/aromatic N) is 3. The van der Waals surface area contributed by atoms with Crippen LogP contribution in [0, 0.1) is 5.92 Å². The normalized spacial score (nSPS) is 17.0. The van der Waals surface area contributed by atoms with E-state index in [2.05, 4.69) is 20.1 Å². The van der Waals surface area contributed by atoms with Gasteiger partial charge in [0, 0.05) is 5.56 Å². The van der Waals surface area contributed by atoms with Crippen LogP contribution in [0.25, 0.3) is 11.4 Å². The minimum atomic E-state index is -0.490. The number of anilines is 1. The van der Waals surface area contributed by atoms with Crippen LogP contribution in [0.4, 0.5) is 5.95 Å². The van der Waals surface area contributed by atoms with Crippen molar-refractivity contribution in [1.29, 1.82) is 0 Å². The van der Waals surface area contributed by atoms with Crippen molar-refractivity contribution in [1.82, 2.24) is 14.8 Å². The number of aromatic nitrogens is 3. The first kappa shape index (κ1) is 13.3. The smallest absolute Gasteiger partial charge is 0.306 e. The van der Waals surface area contributed by atoms with Gasteiger partial charge >= 0.3 is 5.97 Å². The predicted molar refractivity (Wildman–Crippen MR) is 74.2 cm³/mol. The van der Waals surface area contributed by atoms with Crippen LogP contribution < -0.4 is 5.32 Å². The Morgan fingerprint density at radius 1 is 1.43 bits per heavy atom. The van der Waals surface area contributed by atoms with Gasteiger partial charge in [0.1, 0.15) is 0 Å². The second-order valence-electron chi connectivity index (χ2n) is 4.77. The molecule has 7 heteroatoms. The van der Waals surface area contributed by atoms with Crippen molar-refractivity contribution < 1.29 is 14.3 Å². The van der Waals surface area contributed by atoms with E-state index in [0.717, 1.165) is 5.56 Å². The second-order valence-corrected chi connectivity index (χ2v) is 4.77. The number of ether oxygens (including phenoxy) is 1. The van der Waals surface area contributed by atoms with Gasteiger partial charge in [-0.2, -0.15) is 4.98 Å². The molecule has 1 aliphatic rings. The Hall–Kier alpha value is -2.70. The predicted octanol–water partition coefficient (Wildman–Crippen LogP) is 1.08. The average Bonchev–Trinajstić information content (AvgIpc) is 2.91. The molecule has 3 rings (SSSR count). The molecule has 0 bridgehead atoms. The maximum atomic E-state index is 12.0. The van der Waals surface area contributed by atoms with E-state index in [1.807, 2.05) is 30.3 Å². The van der Waals surface area contributed by atoms with Gasteiger partial charge in [0.05, 0.1) is 26.0 Å². The van der Waals surface area contributed by atoms with Crippen LogP contribution in [0.15, 0.2) is 30.3 Å². The van der Waals surface area contributed by atoms with Gasteiger partial charge in [-0.25, -0.2) is 4.68 Å². The van der Waals surface area contributed by atoms with Gasteiger partial charge in [-0.15, -0.1) is 5.10 Å². The lowest BCUT2D eigenvalue weighted by molar-refractivity contribution is -0.143. The van der Waals surface area contributed by atoms with Crippen LogP contribution in [0.5, 0.6) is 0 Å². The summed E-state index contributed by atoms with van der Waals surface area (Å²) in [5.74, 6) is -0.193. The van der Waals surface area contributed by atoms with Crippen molar-refractivity contribution in [3.05, 3.63) is 30.3 Å². The summed E-state index contributed by atoms with van der Waals surface area (Å²) in [5.41, 5.74) is 0.873. The van der Waals surface area contributed by atoms with Gasteiger partial charge in [-0.1, -0.05) is 30.3 Å². The molecule has 0 saturated carbocycles. The Morgan fingerprint density at radius 2 is 2.19 bits per heavy atom. The van der Waals surface area contributed by atoms with Crippen molar-refractivity contribution in [3.63, 3.8) is 0 Å². The third kappa shape index (κ3) is 2.62. The second kappa shape index (κ2) is 5.35. The Bertz CT molecular complexity index is 681. The molecular formula is C14H14N4O3. The van der Waals surface area contributed by atoms with Crippen LogP contribution >= 0.6 is 0 Å². The minimum absolute atomic E-state index is 0.0301. The number of esters is 1. The molecule has 1 atom stereocenters. The minimum Gasteiger partial charge on any atom is -0.469 e. The quantitative estimate of drug-likeness (QED) is 0.853. The lowest BCUT2D eigenvalue weighted by Crippen LogP contribution is -2.35. The zero-order chi connectivity index (χ0) is 14.8. The number of carbonyl (C=O) groups is 2. The highest BCUT2D eigenvalue weighted by Gasteiger charge is 2.30. The van der Waals surface area contributed by atoms with Crippen molar-refractivity contribution in [2.24, 2.45) is 5.92 Å². The number of amides is 1. The number of rotatable bonds is 3. The molecule has 2 aromatic rings. The first-order valence-electron chi connectivity index (χ1n) is 6.55. The summed E-state index contributed by atoms with van der Waals surface area (Å²) in [7, 11) is 1.30. The van der Waals surface area contributed by atoms with Crippen LogP contribution in [0.1, 0.15) is 6.42 Å². The van der Waals surface area contributed by atoms with Gasteiger partial charge in [0.25, 0.3) is 0 Å². The zero-order valence-electron chi connectivity index (χ0n) is 11.4. The van der Waals surface area contributed by atoms with Crippen molar-refractivity contribution in [3.8, 4) is 11.4 Å². The first-order chi connectivity index (χ1) is 10.2. The van der Waals surface area contributed by atoms with Gasteiger partial charge in [-0.05, 0) is 0 Å². The van der Waals surface area contributed by atoms with Crippen LogP contribution in [-0.2, 0) is 20.9 Å². The molecule has 1 aromatic carbocycles. The number of benzene rings is 1. The molecule has 1 N–H and O–H groups in total. The molecule has 7 nitrogen and oxygen atoms in total. The van der Waals surface area contributed by atoms with E-state index in [1.165, 1.54) is 7.11 Å². The monoisotopic (exact) mass is 286 g/mol. The molecule has 1 amide bonds. The van der Waals surface area contributed by atoms with Crippen molar-refractivity contribution in [2.45, 2.75) is 13.0 Å². The topological polar surface area (TPSA) is 86.1 Å². The van der Waals surface area contributed by atoms with Gasteiger partial charge in [0.2, 0.25) is 11.9 Å². The molecule has 0 spiro atoms. The molecule has 0 radical (unpaired) electrons. The van der Waals surface area contributed by atoms with E-state index in [9.17, 15) is 9.59 Å². The molecule has 108 valence electrons. The third-order valence-electron chi connectivity index (χ3n) is 3.34. The largest absolute Gasteiger partial charge is 0.469 e. The summed E-state index contributed by atoms with van der Waals surface area (Å²) in [6, 6.07) is 9.50. The molecular weight excluding hydrogens is 272 g/mol. The lowest BCUT2D eigenvalue weighted by atomic mass is 10.0. The zero-order valence-corrected chi connectivity index (χ0v) is 11.4. The van der Waals surface area contributed by atoms with E-state index in [0.29, 0.717) is 18.3 Å². The summed E-state index contributed by atoms with van der Waals surface area (Å²) in [5, 5.41) is 7.05. The van der Waals surface area contributed by atoms with Crippen LogP contribution in [0.2, 0.25) is 0 Å². The summed E-state index contributed by atoms with van der Waals surface area (Å²) >= 11 is 0. The number of carbonyl (C=O) groups excluding carboxylic acids is 2. The fraction of sp³-hybridized carbons (Fsp3) is 0.286. The number of nitrogens with one attached hydrogen (secondary N) is 1. The molecule has 0 unspecified atom stereocenters. The Labute approximate surface area is 120 Å². The van der Waals surface area contributed by atoms with E-state index < -0.39 is 11.9 Å². The van der Waals surface area contributed by atoms with Gasteiger partial charge in [0.15, 0.2) is 5.82 Å². The SMILES string of the molecule is COC(=O)C[C@H]1Cn2nc(-c3ccccc3)nc2NC1=O. The fourth-order valence-electron chi connectivity index (χ4n) is 2.22. The van der Waals surface area contributed by atoms with Gasteiger partial charge in [-0.3, -0.25) is 14.9 Å². The molecule has 2 heterocycles. The fourth-order valence-corrected chi connectivity index (χ4v) is 2.22. The Balaban J connectivity index is 1.85. The van der Waals surface area contributed by atoms with Crippen LogP contribution in [-0.4, -0.2) is 33.8 Å². The van der Waals surface area contributed by atoms with E-state index in [-0.39, 0.29) is 12.3 Å². The van der Waals surface area contributed by atoms with Crippen LogP contribution in [0.3, 0.4) is 0 Å². The molecule has 0 aliphatic carbocycles. The lowest BCUT2D eigenvalue weighted by Gasteiger charge is -2.20. The summed E-state index contributed by atoms with van der Waals surface area (Å²) in [4.78, 5) is 27.6. The van der Waals surface area contributed by atoms with Crippen molar-refractivity contribution in [2.75, 3.05) is 12.4 Å². The summed E-state index contributed by atoms with van der Waals surface area (Å²) < 4.78 is 6.21. The number of hydrogen-bond donors (Lipinski definition) is 1. The summed E-state index contributed by atoms with van der Waals surface area (Å²) in [6.45, 7) is 0.316. The maximum Gasteiger partial charge on any atom is 0.306 e. The average molecular weight is 286 g/mol. The Kier molecular flexibility index (Phi) is 3.39. The molecule has 21 heavy (non-hydrogen) atoms. The molecule has 1 aliphatic heterocycles. The van der Waals surface area contributed by atoms with E-state index in [4.69, 9.17) is 0 Å². The summed E-state index contributed by atoms with van der Waals surface area (Å²) in [6.07, 6.45) is 0.0301. The number of methoxy groups -OCH3 is 1. The molecule has 1 aromatic heterocycles.